The lowest BCUT2D eigenvalue weighted by molar-refractivity contribution is -0.137. The lowest BCUT2D eigenvalue weighted by Crippen LogP contribution is -2.14. The third kappa shape index (κ3) is 4.60. The van der Waals surface area contributed by atoms with E-state index in [-0.39, 0.29) is 28.6 Å². The van der Waals surface area contributed by atoms with E-state index in [1.807, 2.05) is 0 Å². The highest BCUT2D eigenvalue weighted by Gasteiger charge is 2.12. The summed E-state index contributed by atoms with van der Waals surface area (Å²) in [5.74, 6) is -0.0909. The zero-order valence-corrected chi connectivity index (χ0v) is 16.4. The highest BCUT2D eigenvalue weighted by Crippen LogP contribution is 2.26. The molecule has 29 heavy (non-hydrogen) atoms. The van der Waals surface area contributed by atoms with E-state index in [0.717, 1.165) is 0 Å². The first-order valence-corrected chi connectivity index (χ1v) is 9.02. The van der Waals surface area contributed by atoms with Gasteiger partial charge in [-0.2, -0.15) is 0 Å². The van der Waals surface area contributed by atoms with Gasteiger partial charge in [0.1, 0.15) is 22.8 Å². The second kappa shape index (κ2) is 8.14. The molecular weight excluding hydrogens is 372 g/mol. The fraction of sp³-hybridized carbons (Fsp3) is 0.174. The minimum Gasteiger partial charge on any atom is -0.456 e. The number of rotatable bonds is 5. The number of carbonyl (C=O) groups excluding carboxylic acids is 2. The molecule has 0 bridgehead atoms. The number of ether oxygens (including phenoxy) is 2. The second-order valence-corrected chi connectivity index (χ2v) is 6.90. The van der Waals surface area contributed by atoms with Crippen molar-refractivity contribution in [3.8, 4) is 22.8 Å². The van der Waals surface area contributed by atoms with Crippen molar-refractivity contribution in [3.63, 3.8) is 0 Å². The van der Waals surface area contributed by atoms with Gasteiger partial charge in [0, 0.05) is 17.2 Å². The standard InChI is InChI=1S/C23H20O6/c1-13(2)22(25)27-16-7-5-15(6-8-16)21-12-19(24)18-11-17(9-10-20(18)29-21)28-23(26)14(3)4/h5-13H,3H2,1-2,4H3. The van der Waals surface area contributed by atoms with Crippen LogP contribution in [0.15, 0.2) is 69.9 Å². The largest absolute Gasteiger partial charge is 0.456 e. The Kier molecular flexibility index (Phi) is 5.64. The second-order valence-electron chi connectivity index (χ2n) is 6.90. The fourth-order valence-corrected chi connectivity index (χ4v) is 2.46. The quantitative estimate of drug-likeness (QED) is 0.361. The van der Waals surface area contributed by atoms with Crippen LogP contribution in [0.1, 0.15) is 20.8 Å². The van der Waals surface area contributed by atoms with Gasteiger partial charge in [-0.3, -0.25) is 9.59 Å². The van der Waals surface area contributed by atoms with Crippen molar-refractivity contribution in [2.24, 2.45) is 5.92 Å². The summed E-state index contributed by atoms with van der Waals surface area (Å²) in [5, 5.41) is 0.295. The van der Waals surface area contributed by atoms with E-state index in [0.29, 0.717) is 28.0 Å². The van der Waals surface area contributed by atoms with Crippen LogP contribution in [0, 0.1) is 5.92 Å². The summed E-state index contributed by atoms with van der Waals surface area (Å²) < 4.78 is 16.2. The van der Waals surface area contributed by atoms with Gasteiger partial charge in [0.2, 0.25) is 0 Å². The smallest absolute Gasteiger partial charge is 0.338 e. The van der Waals surface area contributed by atoms with Gasteiger partial charge in [-0.15, -0.1) is 0 Å². The summed E-state index contributed by atoms with van der Waals surface area (Å²) in [6, 6.07) is 12.6. The van der Waals surface area contributed by atoms with E-state index >= 15 is 0 Å². The van der Waals surface area contributed by atoms with E-state index in [2.05, 4.69) is 6.58 Å². The van der Waals surface area contributed by atoms with Gasteiger partial charge in [-0.1, -0.05) is 20.4 Å². The Labute approximate surface area is 167 Å². The zero-order valence-electron chi connectivity index (χ0n) is 16.4. The molecule has 0 saturated heterocycles. The minimum atomic E-state index is -0.566. The molecule has 1 heterocycles. The molecule has 0 radical (unpaired) electrons. The SMILES string of the molecule is C=C(C)C(=O)Oc1ccc2oc(-c3ccc(OC(=O)C(C)C)cc3)cc(=O)c2c1. The van der Waals surface area contributed by atoms with Gasteiger partial charge in [-0.05, 0) is 49.4 Å². The van der Waals surface area contributed by atoms with E-state index in [4.69, 9.17) is 13.9 Å². The predicted molar refractivity (Wildman–Crippen MR) is 109 cm³/mol. The van der Waals surface area contributed by atoms with Crippen molar-refractivity contribution in [3.05, 3.63) is 70.9 Å². The molecule has 3 aromatic rings. The average molecular weight is 392 g/mol. The van der Waals surface area contributed by atoms with Crippen molar-refractivity contribution in [1.29, 1.82) is 0 Å². The van der Waals surface area contributed by atoms with Gasteiger partial charge in [0.25, 0.3) is 0 Å². The summed E-state index contributed by atoms with van der Waals surface area (Å²) in [6.45, 7) is 8.58. The Hall–Kier alpha value is -3.67. The minimum absolute atomic E-state index is 0.229. The topological polar surface area (TPSA) is 82.8 Å². The molecular formula is C23H20O6. The molecule has 0 aliphatic carbocycles. The van der Waals surface area contributed by atoms with Crippen LogP contribution in [0.3, 0.4) is 0 Å². The van der Waals surface area contributed by atoms with Crippen LogP contribution in [-0.2, 0) is 9.59 Å². The first-order valence-electron chi connectivity index (χ1n) is 9.02. The van der Waals surface area contributed by atoms with Crippen molar-refractivity contribution in [2.75, 3.05) is 0 Å². The van der Waals surface area contributed by atoms with E-state index in [1.54, 1.807) is 57.2 Å². The predicted octanol–water partition coefficient (Wildman–Crippen LogP) is 4.50. The Bertz CT molecular complexity index is 1150. The fourth-order valence-electron chi connectivity index (χ4n) is 2.46. The summed E-state index contributed by atoms with van der Waals surface area (Å²) in [7, 11) is 0. The highest BCUT2D eigenvalue weighted by molar-refractivity contribution is 5.89. The number of hydrogen-bond acceptors (Lipinski definition) is 6. The van der Waals surface area contributed by atoms with Crippen molar-refractivity contribution >= 4 is 22.9 Å². The molecule has 2 aromatic carbocycles. The van der Waals surface area contributed by atoms with Gasteiger partial charge < -0.3 is 13.9 Å². The first kappa shape index (κ1) is 20.1. The van der Waals surface area contributed by atoms with Crippen LogP contribution in [0.2, 0.25) is 0 Å². The molecule has 0 N–H and O–H groups in total. The molecule has 0 atom stereocenters. The van der Waals surface area contributed by atoms with Crippen LogP contribution >= 0.6 is 0 Å². The van der Waals surface area contributed by atoms with Gasteiger partial charge in [0.05, 0.1) is 11.3 Å². The molecule has 6 nitrogen and oxygen atoms in total. The van der Waals surface area contributed by atoms with E-state index < -0.39 is 5.97 Å². The van der Waals surface area contributed by atoms with Crippen molar-refractivity contribution in [2.45, 2.75) is 20.8 Å². The number of esters is 2. The number of hydrogen-bond donors (Lipinski definition) is 0. The lowest BCUT2D eigenvalue weighted by Gasteiger charge is -2.08. The monoisotopic (exact) mass is 392 g/mol. The average Bonchev–Trinajstić information content (AvgIpc) is 2.68. The van der Waals surface area contributed by atoms with Crippen molar-refractivity contribution < 1.29 is 23.5 Å². The van der Waals surface area contributed by atoms with E-state index in [9.17, 15) is 14.4 Å². The molecule has 3 rings (SSSR count). The van der Waals surface area contributed by atoms with Gasteiger partial charge >= 0.3 is 11.9 Å². The molecule has 0 spiro atoms. The summed E-state index contributed by atoms with van der Waals surface area (Å²) in [5.41, 5.74) is 1.00. The summed E-state index contributed by atoms with van der Waals surface area (Å²) in [4.78, 5) is 35.9. The third-order valence-electron chi connectivity index (χ3n) is 4.09. The van der Waals surface area contributed by atoms with Crippen LogP contribution in [-0.4, -0.2) is 11.9 Å². The van der Waals surface area contributed by atoms with Crippen LogP contribution in [0.5, 0.6) is 11.5 Å². The molecule has 1 aromatic heterocycles. The van der Waals surface area contributed by atoms with E-state index in [1.165, 1.54) is 12.1 Å². The summed E-state index contributed by atoms with van der Waals surface area (Å²) in [6.07, 6.45) is 0. The Morgan fingerprint density at radius 1 is 0.966 bits per heavy atom. The van der Waals surface area contributed by atoms with Crippen LogP contribution in [0.25, 0.3) is 22.3 Å². The number of carbonyl (C=O) groups is 2. The summed E-state index contributed by atoms with van der Waals surface area (Å²) >= 11 is 0. The molecule has 148 valence electrons. The number of fused-ring (bicyclic) bond motifs is 1. The van der Waals surface area contributed by atoms with Gasteiger partial charge in [0.15, 0.2) is 5.43 Å². The molecule has 0 aliphatic rings. The normalized spacial score (nSPS) is 10.8. The Morgan fingerprint density at radius 2 is 1.62 bits per heavy atom. The highest BCUT2D eigenvalue weighted by atomic mass is 16.5. The first-order chi connectivity index (χ1) is 13.7. The zero-order chi connectivity index (χ0) is 21.1. The molecule has 0 unspecified atom stereocenters. The third-order valence-corrected chi connectivity index (χ3v) is 4.09. The maximum atomic E-state index is 12.5. The Balaban J connectivity index is 1.89. The van der Waals surface area contributed by atoms with Crippen LogP contribution < -0.4 is 14.9 Å². The maximum absolute atomic E-state index is 12.5. The van der Waals surface area contributed by atoms with Crippen LogP contribution in [0.4, 0.5) is 0 Å². The molecule has 0 fully saturated rings. The Morgan fingerprint density at radius 3 is 2.24 bits per heavy atom. The number of benzene rings is 2. The molecule has 0 aliphatic heterocycles. The van der Waals surface area contributed by atoms with Gasteiger partial charge in [-0.25, -0.2) is 4.79 Å². The lowest BCUT2D eigenvalue weighted by atomic mass is 10.1. The molecule has 0 saturated carbocycles. The van der Waals surface area contributed by atoms with Crippen molar-refractivity contribution in [1.82, 2.24) is 0 Å². The maximum Gasteiger partial charge on any atom is 0.338 e. The molecule has 0 amide bonds. The molecule has 6 heteroatoms.